The van der Waals surface area contributed by atoms with E-state index in [1.807, 2.05) is 42.5 Å². The molecule has 0 radical (unpaired) electrons. The molecule has 1 N–H and O–H groups in total. The van der Waals surface area contributed by atoms with Crippen molar-refractivity contribution in [3.05, 3.63) is 53.7 Å². The molecule has 2 aromatic rings. The van der Waals surface area contributed by atoms with Crippen LogP contribution in [0.15, 0.2) is 42.5 Å². The summed E-state index contributed by atoms with van der Waals surface area (Å²) >= 11 is 0. The van der Waals surface area contributed by atoms with Crippen molar-refractivity contribution in [3.63, 3.8) is 0 Å². The Hall–Kier alpha value is -2.19. The molecule has 3 heterocycles. The quantitative estimate of drug-likeness (QED) is 0.786. The highest BCUT2D eigenvalue weighted by Gasteiger charge is 2.25. The Morgan fingerprint density at radius 3 is 2.57 bits per heavy atom. The molecule has 0 amide bonds. The molecule has 2 saturated heterocycles. The van der Waals surface area contributed by atoms with E-state index >= 15 is 0 Å². The molecule has 2 fully saturated rings. The standard InChI is InChI=1S/C21H27N3O4/c1-16(24-9-11-25-12-10-24)22-19-8-7-18(20(23-19)21-26-13-14-27-21)28-15-17-5-3-2-4-6-17/h2-8,16,21H,9-15H2,1H3,(H,22,23). The highest BCUT2D eigenvalue weighted by Crippen LogP contribution is 2.31. The molecule has 0 bridgehead atoms. The molecule has 7 nitrogen and oxygen atoms in total. The van der Waals surface area contributed by atoms with Crippen LogP contribution in [-0.2, 0) is 20.8 Å². The van der Waals surface area contributed by atoms with Gasteiger partial charge in [-0.05, 0) is 24.6 Å². The van der Waals surface area contributed by atoms with Crippen LogP contribution in [0.2, 0.25) is 0 Å². The predicted octanol–water partition coefficient (Wildman–Crippen LogP) is 2.80. The van der Waals surface area contributed by atoms with Crippen LogP contribution in [0.1, 0.15) is 24.5 Å². The van der Waals surface area contributed by atoms with Gasteiger partial charge in [-0.1, -0.05) is 30.3 Å². The molecule has 28 heavy (non-hydrogen) atoms. The van der Waals surface area contributed by atoms with Crippen molar-refractivity contribution in [2.45, 2.75) is 26.0 Å². The van der Waals surface area contributed by atoms with Gasteiger partial charge in [0.2, 0.25) is 6.29 Å². The Morgan fingerprint density at radius 2 is 1.82 bits per heavy atom. The average Bonchev–Trinajstić information content (AvgIpc) is 3.29. The molecular weight excluding hydrogens is 358 g/mol. The summed E-state index contributed by atoms with van der Waals surface area (Å²) in [4.78, 5) is 7.10. The Kier molecular flexibility index (Phi) is 6.38. The molecule has 1 aromatic carbocycles. The van der Waals surface area contributed by atoms with Gasteiger partial charge in [0.15, 0.2) is 0 Å². The van der Waals surface area contributed by atoms with Crippen LogP contribution in [0, 0.1) is 0 Å². The van der Waals surface area contributed by atoms with Crippen molar-refractivity contribution in [1.82, 2.24) is 9.88 Å². The van der Waals surface area contributed by atoms with Crippen molar-refractivity contribution >= 4 is 5.82 Å². The zero-order valence-corrected chi connectivity index (χ0v) is 16.2. The fourth-order valence-corrected chi connectivity index (χ4v) is 3.36. The van der Waals surface area contributed by atoms with Gasteiger partial charge in [0.05, 0.1) is 32.6 Å². The van der Waals surface area contributed by atoms with Crippen LogP contribution >= 0.6 is 0 Å². The second kappa shape index (κ2) is 9.34. The summed E-state index contributed by atoms with van der Waals surface area (Å²) in [7, 11) is 0. The number of anilines is 1. The van der Waals surface area contributed by atoms with Crippen LogP contribution in [0.25, 0.3) is 0 Å². The SMILES string of the molecule is CC(Nc1ccc(OCc2ccccc2)c(C2OCCO2)n1)N1CCOCC1. The van der Waals surface area contributed by atoms with Crippen LogP contribution in [0.5, 0.6) is 5.75 Å². The Morgan fingerprint density at radius 1 is 1.07 bits per heavy atom. The van der Waals surface area contributed by atoms with Crippen LogP contribution in [0.4, 0.5) is 5.82 Å². The lowest BCUT2D eigenvalue weighted by Gasteiger charge is -2.33. The van der Waals surface area contributed by atoms with E-state index in [1.165, 1.54) is 0 Å². The third kappa shape index (κ3) is 4.80. The molecule has 1 unspecified atom stereocenters. The first-order chi connectivity index (χ1) is 13.8. The normalized spacial score (nSPS) is 19.5. The van der Waals surface area contributed by atoms with E-state index in [2.05, 4.69) is 17.1 Å². The van der Waals surface area contributed by atoms with Gasteiger partial charge in [0, 0.05) is 13.1 Å². The first kappa shape index (κ1) is 19.1. The Labute approximate surface area is 165 Å². The van der Waals surface area contributed by atoms with Gasteiger partial charge in [-0.15, -0.1) is 0 Å². The fraction of sp³-hybridized carbons (Fsp3) is 0.476. The van der Waals surface area contributed by atoms with E-state index in [0.717, 1.165) is 37.7 Å². The van der Waals surface area contributed by atoms with E-state index in [4.69, 9.17) is 23.9 Å². The zero-order valence-electron chi connectivity index (χ0n) is 16.2. The van der Waals surface area contributed by atoms with Crippen LogP contribution < -0.4 is 10.1 Å². The third-order valence-corrected chi connectivity index (χ3v) is 4.92. The molecule has 2 aliphatic heterocycles. The maximum absolute atomic E-state index is 6.03. The van der Waals surface area contributed by atoms with E-state index < -0.39 is 6.29 Å². The summed E-state index contributed by atoms with van der Waals surface area (Å²) in [6, 6.07) is 13.9. The molecule has 4 rings (SSSR count). The third-order valence-electron chi connectivity index (χ3n) is 4.92. The molecule has 2 aliphatic rings. The molecular formula is C21H27N3O4. The molecule has 7 heteroatoms. The lowest BCUT2D eigenvalue weighted by atomic mass is 10.2. The zero-order chi connectivity index (χ0) is 19.2. The van der Waals surface area contributed by atoms with Crippen LogP contribution in [0.3, 0.4) is 0 Å². The van der Waals surface area contributed by atoms with Gasteiger partial charge in [-0.25, -0.2) is 4.98 Å². The van der Waals surface area contributed by atoms with Gasteiger partial charge in [0.1, 0.15) is 23.9 Å². The van der Waals surface area contributed by atoms with E-state index in [0.29, 0.717) is 31.3 Å². The number of hydrogen-bond acceptors (Lipinski definition) is 7. The fourth-order valence-electron chi connectivity index (χ4n) is 3.36. The molecule has 0 spiro atoms. The lowest BCUT2D eigenvalue weighted by Crippen LogP contribution is -2.45. The maximum Gasteiger partial charge on any atom is 0.205 e. The van der Waals surface area contributed by atoms with Gasteiger partial charge in [-0.2, -0.15) is 0 Å². The summed E-state index contributed by atoms with van der Waals surface area (Å²) in [6.07, 6.45) is -0.336. The molecule has 1 atom stereocenters. The first-order valence-electron chi connectivity index (χ1n) is 9.79. The predicted molar refractivity (Wildman–Crippen MR) is 105 cm³/mol. The van der Waals surface area contributed by atoms with Crippen molar-refractivity contribution < 1.29 is 18.9 Å². The summed E-state index contributed by atoms with van der Waals surface area (Å²) in [5, 5.41) is 3.47. The number of rotatable bonds is 7. The number of pyridine rings is 1. The molecule has 150 valence electrons. The van der Waals surface area contributed by atoms with Crippen LogP contribution in [-0.4, -0.2) is 55.6 Å². The second-order valence-corrected chi connectivity index (χ2v) is 6.90. The van der Waals surface area contributed by atoms with E-state index in [9.17, 15) is 0 Å². The van der Waals surface area contributed by atoms with E-state index in [-0.39, 0.29) is 6.17 Å². The van der Waals surface area contributed by atoms with Gasteiger partial charge >= 0.3 is 0 Å². The molecule has 1 aromatic heterocycles. The van der Waals surface area contributed by atoms with Gasteiger partial charge < -0.3 is 24.3 Å². The second-order valence-electron chi connectivity index (χ2n) is 6.90. The molecule has 0 aliphatic carbocycles. The summed E-state index contributed by atoms with van der Waals surface area (Å²) in [6.45, 7) is 7.08. The first-order valence-corrected chi connectivity index (χ1v) is 9.79. The highest BCUT2D eigenvalue weighted by atomic mass is 16.7. The van der Waals surface area contributed by atoms with Crippen molar-refractivity contribution in [2.75, 3.05) is 44.8 Å². The number of nitrogens with zero attached hydrogens (tertiary/aromatic N) is 2. The summed E-state index contributed by atoms with van der Waals surface area (Å²) in [5.74, 6) is 1.46. The molecule has 0 saturated carbocycles. The Bertz CT molecular complexity index is 747. The number of hydrogen-bond donors (Lipinski definition) is 1. The highest BCUT2D eigenvalue weighted by molar-refractivity contribution is 5.43. The Balaban J connectivity index is 1.48. The number of nitrogens with one attached hydrogen (secondary N) is 1. The summed E-state index contributed by atoms with van der Waals surface area (Å²) in [5.41, 5.74) is 1.78. The topological polar surface area (TPSA) is 65.1 Å². The maximum atomic E-state index is 6.03. The lowest BCUT2D eigenvalue weighted by molar-refractivity contribution is -0.0490. The van der Waals surface area contributed by atoms with E-state index in [1.54, 1.807) is 0 Å². The van der Waals surface area contributed by atoms with Crippen molar-refractivity contribution in [3.8, 4) is 5.75 Å². The van der Waals surface area contributed by atoms with Crippen molar-refractivity contribution in [2.24, 2.45) is 0 Å². The van der Waals surface area contributed by atoms with Gasteiger partial charge in [-0.3, -0.25) is 4.90 Å². The van der Waals surface area contributed by atoms with Crippen molar-refractivity contribution in [1.29, 1.82) is 0 Å². The number of ether oxygens (including phenoxy) is 4. The minimum absolute atomic E-state index is 0.158. The number of morpholine rings is 1. The number of aromatic nitrogens is 1. The minimum atomic E-state index is -0.494. The smallest absolute Gasteiger partial charge is 0.205 e. The van der Waals surface area contributed by atoms with Gasteiger partial charge in [0.25, 0.3) is 0 Å². The summed E-state index contributed by atoms with van der Waals surface area (Å²) < 4.78 is 22.8. The number of benzene rings is 1. The minimum Gasteiger partial charge on any atom is -0.487 e. The average molecular weight is 385 g/mol. The monoisotopic (exact) mass is 385 g/mol. The largest absolute Gasteiger partial charge is 0.487 e.